The number of piperidine rings is 1. The molecule has 368 valence electrons. The Kier molecular flexibility index (Phi) is 19.1. The van der Waals surface area contributed by atoms with Gasteiger partial charge in [0.15, 0.2) is 5.78 Å². The molecule has 66 heavy (non-hydrogen) atoms. The predicted octanol–water partition coefficient (Wildman–Crippen LogP) is 6.51. The van der Waals surface area contributed by atoms with E-state index in [-0.39, 0.29) is 62.1 Å². The third-order valence-electron chi connectivity index (χ3n) is 15.0. The number of ketones is 3. The average molecular weight is 924 g/mol. The predicted molar refractivity (Wildman–Crippen MR) is 247 cm³/mol. The molecule has 14 heteroatoms. The Balaban J connectivity index is 1.47. The lowest BCUT2D eigenvalue weighted by Gasteiger charge is -2.47. The van der Waals surface area contributed by atoms with Crippen LogP contribution in [0.15, 0.2) is 53.6 Å². The standard InChI is InChI=1S/C52H77NO13/c1-10-37-25-31(2)24-32(3)26-43(62-7)47-44(63-8)28-34(5)52(61,66-47)48(57)49(58)53-23-15-14-18-39(53)50(59)65-46(35(6)41(55)30-42(37)56)33(4)27-36-19-21-51(60,45(29-36)64-9)22-20-40(54)38-16-12-11-13-17-38/h11-13,16-17,25,27,32,34-37,39,41,43-47,55,60-61H,10,14-15,18-24,26,28-30H2,1-9H3. The van der Waals surface area contributed by atoms with Gasteiger partial charge in [-0.05, 0) is 102 Å². The monoisotopic (exact) mass is 924 g/mol. The second-order valence-corrected chi connectivity index (χ2v) is 19.9. The zero-order valence-electron chi connectivity index (χ0n) is 40.7. The van der Waals surface area contributed by atoms with Crippen molar-refractivity contribution in [3.05, 3.63) is 59.2 Å². The average Bonchev–Trinajstić information content (AvgIpc) is 3.31. The minimum Gasteiger partial charge on any atom is -0.456 e. The van der Waals surface area contributed by atoms with E-state index in [1.54, 1.807) is 45.0 Å². The summed E-state index contributed by atoms with van der Waals surface area (Å²) < 4.78 is 30.2. The Morgan fingerprint density at radius 1 is 0.924 bits per heavy atom. The van der Waals surface area contributed by atoms with Crippen LogP contribution in [0.2, 0.25) is 0 Å². The second kappa shape index (κ2) is 23.6. The first kappa shape index (κ1) is 53.3. The van der Waals surface area contributed by atoms with E-state index < -0.39 is 89.5 Å². The summed E-state index contributed by atoms with van der Waals surface area (Å²) in [5.74, 6) is -7.99. The lowest BCUT2D eigenvalue weighted by molar-refractivity contribution is -0.302. The molecule has 0 radical (unpaired) electrons. The molecule has 14 unspecified atom stereocenters. The number of benzene rings is 1. The van der Waals surface area contributed by atoms with Crippen molar-refractivity contribution in [2.75, 3.05) is 27.9 Å². The summed E-state index contributed by atoms with van der Waals surface area (Å²) in [4.78, 5) is 71.3. The fourth-order valence-electron chi connectivity index (χ4n) is 10.9. The van der Waals surface area contributed by atoms with Gasteiger partial charge in [-0.15, -0.1) is 0 Å². The number of carbonyl (C=O) groups excluding carboxylic acids is 5. The first-order valence-electron chi connectivity index (χ1n) is 24.2. The summed E-state index contributed by atoms with van der Waals surface area (Å²) >= 11 is 0. The summed E-state index contributed by atoms with van der Waals surface area (Å²) in [6, 6.07) is 7.79. The Labute approximate surface area is 391 Å². The van der Waals surface area contributed by atoms with Crippen molar-refractivity contribution in [3.63, 3.8) is 0 Å². The molecule has 3 fully saturated rings. The zero-order valence-corrected chi connectivity index (χ0v) is 40.7. The van der Waals surface area contributed by atoms with Gasteiger partial charge in [-0.1, -0.05) is 75.8 Å². The molecule has 14 atom stereocenters. The summed E-state index contributed by atoms with van der Waals surface area (Å²) in [5.41, 5.74) is 0.922. The number of aliphatic hydroxyl groups is 3. The van der Waals surface area contributed by atoms with Crippen LogP contribution in [0.3, 0.4) is 0 Å². The van der Waals surface area contributed by atoms with Gasteiger partial charge >= 0.3 is 5.97 Å². The van der Waals surface area contributed by atoms with E-state index in [0.29, 0.717) is 62.5 Å². The van der Waals surface area contributed by atoms with Gasteiger partial charge in [0.2, 0.25) is 5.79 Å². The number of hydrogen-bond acceptors (Lipinski definition) is 13. The number of Topliss-reactive ketones (excluding diaryl/α,β-unsaturated/α-hetero) is 3. The minimum absolute atomic E-state index is 0.0122. The molecule has 3 aliphatic heterocycles. The van der Waals surface area contributed by atoms with Crippen LogP contribution in [-0.2, 0) is 42.9 Å². The van der Waals surface area contributed by atoms with E-state index in [9.17, 15) is 39.3 Å². The first-order valence-corrected chi connectivity index (χ1v) is 24.2. The highest BCUT2D eigenvalue weighted by Gasteiger charge is 2.57. The number of rotatable bonds is 10. The van der Waals surface area contributed by atoms with Crippen molar-refractivity contribution in [1.82, 2.24) is 4.90 Å². The quantitative estimate of drug-likeness (QED) is 0.0997. The van der Waals surface area contributed by atoms with E-state index in [1.807, 2.05) is 39.0 Å². The molecule has 0 aromatic heterocycles. The number of esters is 1. The number of fused-ring (bicyclic) bond motifs is 3. The van der Waals surface area contributed by atoms with Gasteiger partial charge < -0.3 is 43.9 Å². The van der Waals surface area contributed by atoms with Gasteiger partial charge in [0, 0.05) is 64.0 Å². The molecule has 5 rings (SSSR count). The molecule has 14 nitrogen and oxygen atoms in total. The zero-order chi connectivity index (χ0) is 48.5. The van der Waals surface area contributed by atoms with Crippen LogP contribution in [0.1, 0.15) is 135 Å². The van der Waals surface area contributed by atoms with E-state index in [1.165, 1.54) is 26.2 Å². The minimum atomic E-state index is -2.53. The van der Waals surface area contributed by atoms with Gasteiger partial charge in [-0.2, -0.15) is 0 Å². The second-order valence-electron chi connectivity index (χ2n) is 19.9. The number of aliphatic hydroxyl groups excluding tert-OH is 1. The smallest absolute Gasteiger partial charge is 0.329 e. The Bertz CT molecular complexity index is 1900. The normalized spacial score (nSPS) is 37.3. The fraction of sp³-hybridized carbons (Fsp3) is 0.712. The molecule has 3 heterocycles. The Hall–Kier alpha value is -3.63. The highest BCUT2D eigenvalue weighted by molar-refractivity contribution is 6.39. The Morgan fingerprint density at radius 2 is 1.61 bits per heavy atom. The van der Waals surface area contributed by atoms with Gasteiger partial charge in [-0.25, -0.2) is 4.79 Å². The maximum absolute atomic E-state index is 14.5. The highest BCUT2D eigenvalue weighted by atomic mass is 16.7. The lowest BCUT2D eigenvalue weighted by atomic mass is 9.73. The van der Waals surface area contributed by atoms with Crippen molar-refractivity contribution in [3.8, 4) is 0 Å². The van der Waals surface area contributed by atoms with Crippen molar-refractivity contribution >= 4 is 29.2 Å². The van der Waals surface area contributed by atoms with Crippen LogP contribution in [0, 0.1) is 29.6 Å². The van der Waals surface area contributed by atoms with E-state index in [4.69, 9.17) is 23.7 Å². The molecule has 0 spiro atoms. The number of carbonyl (C=O) groups is 5. The van der Waals surface area contributed by atoms with Gasteiger partial charge in [-0.3, -0.25) is 19.2 Å². The third-order valence-corrected chi connectivity index (χ3v) is 15.0. The van der Waals surface area contributed by atoms with Crippen LogP contribution >= 0.6 is 0 Å². The van der Waals surface area contributed by atoms with Crippen LogP contribution in [0.5, 0.6) is 0 Å². The molecular weight excluding hydrogens is 847 g/mol. The lowest BCUT2D eigenvalue weighted by Crippen LogP contribution is -2.64. The molecule has 1 saturated carbocycles. The molecular formula is C52H77NO13. The number of nitrogens with zero attached hydrogens (tertiary/aromatic N) is 1. The van der Waals surface area contributed by atoms with Crippen LogP contribution in [0.4, 0.5) is 0 Å². The van der Waals surface area contributed by atoms with Gasteiger partial charge in [0.05, 0.1) is 30.0 Å². The summed E-state index contributed by atoms with van der Waals surface area (Å²) in [5, 5.41) is 35.8. The maximum Gasteiger partial charge on any atom is 0.329 e. The van der Waals surface area contributed by atoms with Crippen molar-refractivity contribution < 1.29 is 63.0 Å². The molecule has 1 amide bonds. The molecule has 2 saturated heterocycles. The topological polar surface area (TPSA) is 195 Å². The molecule has 2 bridgehead atoms. The SMILES string of the molecule is CCC1C=C(C)CC(C)CC(OC)C2OC(O)(C(=O)C(=O)N3CCCCC3C(=O)OC(C(C)=CC3CCC(O)(CCC(=O)c4ccccc4)C(OC)C3)C(C)C(O)CC1=O)C(C)CC2OC. The van der Waals surface area contributed by atoms with Crippen LogP contribution in [0.25, 0.3) is 0 Å². The molecule has 1 aromatic carbocycles. The molecule has 3 N–H and O–H groups in total. The van der Waals surface area contributed by atoms with Crippen LogP contribution in [-0.4, -0.2) is 131 Å². The van der Waals surface area contributed by atoms with E-state index in [2.05, 4.69) is 0 Å². The van der Waals surface area contributed by atoms with Gasteiger partial charge in [0.1, 0.15) is 24.0 Å². The number of methoxy groups -OCH3 is 3. The first-order chi connectivity index (χ1) is 31.3. The number of hydrogen-bond donors (Lipinski definition) is 3. The van der Waals surface area contributed by atoms with Gasteiger partial charge in [0.25, 0.3) is 11.7 Å². The molecule has 1 aliphatic carbocycles. The molecule has 1 aromatic rings. The van der Waals surface area contributed by atoms with Crippen molar-refractivity contribution in [1.29, 1.82) is 0 Å². The van der Waals surface area contributed by atoms with E-state index >= 15 is 0 Å². The number of amides is 1. The number of ether oxygens (including phenoxy) is 5. The molecule has 4 aliphatic rings. The third kappa shape index (κ3) is 12.5. The Morgan fingerprint density at radius 3 is 2.26 bits per heavy atom. The van der Waals surface area contributed by atoms with Crippen LogP contribution < -0.4 is 0 Å². The van der Waals surface area contributed by atoms with E-state index in [0.717, 1.165) is 5.57 Å². The van der Waals surface area contributed by atoms with Crippen molar-refractivity contribution in [2.45, 2.75) is 179 Å². The summed E-state index contributed by atoms with van der Waals surface area (Å²) in [7, 11) is 4.59. The summed E-state index contributed by atoms with van der Waals surface area (Å²) in [6.07, 6.45) is 3.51. The fourth-order valence-corrected chi connectivity index (χ4v) is 10.9. The highest BCUT2D eigenvalue weighted by Crippen LogP contribution is 2.41. The number of cyclic esters (lactones) is 1. The van der Waals surface area contributed by atoms with Crippen molar-refractivity contribution in [2.24, 2.45) is 29.6 Å². The maximum atomic E-state index is 14.5. The summed E-state index contributed by atoms with van der Waals surface area (Å²) in [6.45, 7) is 11.2. The largest absolute Gasteiger partial charge is 0.456 e. The number of allylic oxidation sites excluding steroid dienone is 3.